The Morgan fingerprint density at radius 2 is 2.07 bits per heavy atom. The van der Waals surface area contributed by atoms with Crippen molar-refractivity contribution in [1.82, 2.24) is 19.9 Å². The Hall–Kier alpha value is -2.45. The van der Waals surface area contributed by atoms with Gasteiger partial charge in [0.1, 0.15) is 5.82 Å². The van der Waals surface area contributed by atoms with Gasteiger partial charge in [0.05, 0.1) is 25.5 Å². The van der Waals surface area contributed by atoms with E-state index in [9.17, 15) is 9.18 Å². The van der Waals surface area contributed by atoms with E-state index in [0.29, 0.717) is 38.7 Å². The van der Waals surface area contributed by atoms with Crippen molar-refractivity contribution in [3.8, 4) is 0 Å². The molecule has 0 radical (unpaired) electrons. The number of likely N-dealkylation sites (tertiary alicyclic amines) is 1. The molecule has 2 aromatic rings. The molecular weight excluding hydrogens is 363 g/mol. The molecule has 0 saturated carbocycles. The van der Waals surface area contributed by atoms with Gasteiger partial charge in [0.15, 0.2) is 11.5 Å². The summed E-state index contributed by atoms with van der Waals surface area (Å²) >= 11 is 0. The Bertz CT molecular complexity index is 810. The smallest absolute Gasteiger partial charge is 0.275 e. The Kier molecular flexibility index (Phi) is 7.00. The summed E-state index contributed by atoms with van der Waals surface area (Å²) in [7, 11) is 1.63. The van der Waals surface area contributed by atoms with Gasteiger partial charge in [-0.2, -0.15) is 0 Å². The van der Waals surface area contributed by atoms with Crippen molar-refractivity contribution in [2.45, 2.75) is 32.3 Å². The van der Waals surface area contributed by atoms with Gasteiger partial charge in [0.25, 0.3) is 5.91 Å². The maximum absolute atomic E-state index is 13.9. The first-order chi connectivity index (χ1) is 13.6. The fourth-order valence-electron chi connectivity index (χ4n) is 3.35. The van der Waals surface area contributed by atoms with E-state index >= 15 is 0 Å². The monoisotopic (exact) mass is 388 g/mol. The summed E-state index contributed by atoms with van der Waals surface area (Å²) < 4.78 is 24.5. The van der Waals surface area contributed by atoms with E-state index in [1.165, 1.54) is 18.3 Å². The lowest BCUT2D eigenvalue weighted by Crippen LogP contribution is -2.39. The second-order valence-corrected chi connectivity index (χ2v) is 6.77. The summed E-state index contributed by atoms with van der Waals surface area (Å²) in [5.41, 5.74) is 1.81. The first kappa shape index (κ1) is 20.3. The molecule has 0 unspecified atom stereocenters. The van der Waals surface area contributed by atoms with Crippen molar-refractivity contribution in [3.63, 3.8) is 0 Å². The number of pyridine rings is 1. The highest BCUT2D eigenvalue weighted by Gasteiger charge is 2.28. The highest BCUT2D eigenvalue weighted by Crippen LogP contribution is 2.30. The second-order valence-electron chi connectivity index (χ2n) is 6.77. The number of piperidine rings is 1. The van der Waals surface area contributed by atoms with Crippen molar-refractivity contribution >= 4 is 5.91 Å². The summed E-state index contributed by atoms with van der Waals surface area (Å²) in [6.07, 6.45) is 4.75. The van der Waals surface area contributed by atoms with Gasteiger partial charge in [-0.25, -0.2) is 19.3 Å². The van der Waals surface area contributed by atoms with Crippen molar-refractivity contribution in [2.75, 3.05) is 33.4 Å². The Labute approximate surface area is 163 Å². The number of ether oxygens (including phenoxy) is 2. The van der Waals surface area contributed by atoms with E-state index in [-0.39, 0.29) is 17.5 Å². The number of hydrogen-bond donors (Lipinski definition) is 0. The molecule has 8 heteroatoms. The van der Waals surface area contributed by atoms with Gasteiger partial charge in [-0.15, -0.1) is 0 Å². The fourth-order valence-corrected chi connectivity index (χ4v) is 3.35. The van der Waals surface area contributed by atoms with Crippen LogP contribution in [0.4, 0.5) is 4.39 Å². The summed E-state index contributed by atoms with van der Waals surface area (Å²) in [6, 6.07) is 2.73. The number of hydrogen-bond acceptors (Lipinski definition) is 6. The van der Waals surface area contributed by atoms with Gasteiger partial charge in [-0.3, -0.25) is 4.79 Å². The second kappa shape index (κ2) is 9.66. The molecule has 0 N–H and O–H groups in total. The molecule has 7 nitrogen and oxygen atoms in total. The average Bonchev–Trinajstić information content (AvgIpc) is 2.72. The van der Waals surface area contributed by atoms with E-state index in [1.807, 2.05) is 13.1 Å². The molecule has 1 aliphatic rings. The molecular formula is C20H25FN4O3. The average molecular weight is 388 g/mol. The maximum atomic E-state index is 13.9. The third kappa shape index (κ3) is 4.88. The number of carbonyl (C=O) groups excluding carboxylic acids is 1. The van der Waals surface area contributed by atoms with Gasteiger partial charge < -0.3 is 14.4 Å². The number of nitrogens with zero attached hydrogens (tertiary/aromatic N) is 4. The number of carbonyl (C=O) groups is 1. The van der Waals surface area contributed by atoms with Gasteiger partial charge in [-0.1, -0.05) is 0 Å². The number of methoxy groups -OCH3 is 1. The van der Waals surface area contributed by atoms with E-state index in [1.54, 1.807) is 12.0 Å². The quantitative estimate of drug-likeness (QED) is 0.679. The molecule has 1 fully saturated rings. The predicted octanol–water partition coefficient (Wildman–Crippen LogP) is 2.50. The summed E-state index contributed by atoms with van der Waals surface area (Å²) in [6.45, 7) is 4.40. The lowest BCUT2D eigenvalue weighted by Gasteiger charge is -2.32. The van der Waals surface area contributed by atoms with Crippen LogP contribution in [0.2, 0.25) is 0 Å². The normalized spacial score (nSPS) is 15.0. The lowest BCUT2D eigenvalue weighted by atomic mass is 9.90. The molecule has 1 saturated heterocycles. The standard InChI is InChI=1S/C20H25FN4O3/c1-14-23-12-16(13-28-11-10-27-2)18(24-14)15-5-8-25(9-6-15)20(26)19-17(21)4-3-7-22-19/h3-4,7,12,15H,5-6,8-11,13H2,1-2H3. The zero-order valence-electron chi connectivity index (χ0n) is 16.2. The van der Waals surface area contributed by atoms with Gasteiger partial charge in [0.2, 0.25) is 0 Å². The molecule has 150 valence electrons. The molecule has 0 atom stereocenters. The van der Waals surface area contributed by atoms with Crippen LogP contribution >= 0.6 is 0 Å². The van der Waals surface area contributed by atoms with Crippen molar-refractivity contribution < 1.29 is 18.7 Å². The van der Waals surface area contributed by atoms with E-state index in [0.717, 1.165) is 24.1 Å². The number of aryl methyl sites for hydroxylation is 1. The summed E-state index contributed by atoms with van der Waals surface area (Å²) in [5.74, 6) is -0.0276. The van der Waals surface area contributed by atoms with Gasteiger partial charge in [0, 0.05) is 44.1 Å². The molecule has 0 aliphatic carbocycles. The topological polar surface area (TPSA) is 77.4 Å². The summed E-state index contributed by atoms with van der Waals surface area (Å²) in [4.78, 5) is 27.0. The Balaban J connectivity index is 1.65. The summed E-state index contributed by atoms with van der Waals surface area (Å²) in [5, 5.41) is 0. The lowest BCUT2D eigenvalue weighted by molar-refractivity contribution is 0.0603. The van der Waals surface area contributed by atoms with Crippen LogP contribution < -0.4 is 0 Å². The van der Waals surface area contributed by atoms with Crippen LogP contribution in [0.25, 0.3) is 0 Å². The number of amides is 1. The molecule has 2 aromatic heterocycles. The van der Waals surface area contributed by atoms with Crippen LogP contribution in [-0.4, -0.2) is 59.2 Å². The van der Waals surface area contributed by atoms with E-state index < -0.39 is 5.82 Å². The largest absolute Gasteiger partial charge is 0.382 e. The minimum Gasteiger partial charge on any atom is -0.382 e. The molecule has 0 spiro atoms. The van der Waals surface area contributed by atoms with Crippen LogP contribution in [-0.2, 0) is 16.1 Å². The number of rotatable bonds is 7. The Morgan fingerprint density at radius 1 is 1.29 bits per heavy atom. The number of aromatic nitrogens is 3. The third-order valence-corrected chi connectivity index (χ3v) is 4.84. The number of halogens is 1. The molecule has 28 heavy (non-hydrogen) atoms. The van der Waals surface area contributed by atoms with Gasteiger partial charge >= 0.3 is 0 Å². The molecule has 1 aliphatic heterocycles. The molecule has 0 bridgehead atoms. The first-order valence-corrected chi connectivity index (χ1v) is 9.39. The Morgan fingerprint density at radius 3 is 2.79 bits per heavy atom. The molecule has 3 rings (SSSR count). The van der Waals surface area contributed by atoms with Crippen molar-refractivity contribution in [2.24, 2.45) is 0 Å². The van der Waals surface area contributed by atoms with Crippen molar-refractivity contribution in [1.29, 1.82) is 0 Å². The van der Waals surface area contributed by atoms with Gasteiger partial charge in [-0.05, 0) is 31.9 Å². The zero-order chi connectivity index (χ0) is 19.9. The zero-order valence-corrected chi connectivity index (χ0v) is 16.2. The molecule has 1 amide bonds. The van der Waals surface area contributed by atoms with Crippen LogP contribution in [0.15, 0.2) is 24.5 Å². The van der Waals surface area contributed by atoms with Crippen LogP contribution in [0.3, 0.4) is 0 Å². The minimum atomic E-state index is -0.587. The van der Waals surface area contributed by atoms with Crippen molar-refractivity contribution in [3.05, 3.63) is 53.1 Å². The van der Waals surface area contributed by atoms with E-state index in [4.69, 9.17) is 9.47 Å². The molecule has 3 heterocycles. The highest BCUT2D eigenvalue weighted by molar-refractivity contribution is 5.92. The van der Waals surface area contributed by atoms with E-state index in [2.05, 4.69) is 15.0 Å². The highest BCUT2D eigenvalue weighted by atomic mass is 19.1. The third-order valence-electron chi connectivity index (χ3n) is 4.84. The van der Waals surface area contributed by atoms with Crippen LogP contribution in [0, 0.1) is 12.7 Å². The first-order valence-electron chi connectivity index (χ1n) is 9.39. The fraction of sp³-hybridized carbons (Fsp3) is 0.500. The predicted molar refractivity (Wildman–Crippen MR) is 100 cm³/mol. The maximum Gasteiger partial charge on any atom is 0.275 e. The van der Waals surface area contributed by atoms with Crippen LogP contribution in [0.5, 0.6) is 0 Å². The molecule has 0 aromatic carbocycles. The SMILES string of the molecule is COCCOCc1cnc(C)nc1C1CCN(C(=O)c2ncccc2F)CC1. The minimum absolute atomic E-state index is 0.119. The van der Waals surface area contributed by atoms with Crippen LogP contribution in [0.1, 0.15) is 46.3 Å².